The van der Waals surface area contributed by atoms with Gasteiger partial charge in [0.15, 0.2) is 0 Å². The van der Waals surface area contributed by atoms with Crippen molar-refractivity contribution in [1.82, 2.24) is 15.2 Å². The standard InChI is InChI=1S/C20H25N5O3/c1-20(2,3)28-19(27)25-12-16(24-18(25)21-4)13-7-5-8-14(11-13)23-17(26)15-9-6-10-22-15/h5-11,16,22H,12H2,1-4H3,(H,21,24)(H,23,26). The van der Waals surface area contributed by atoms with Crippen LogP contribution in [0.4, 0.5) is 10.5 Å². The Morgan fingerprint density at radius 1 is 1.25 bits per heavy atom. The smallest absolute Gasteiger partial charge is 0.417 e. The first kappa shape index (κ1) is 19.5. The Kier molecular flexibility index (Phi) is 5.39. The average Bonchev–Trinajstić information content (AvgIpc) is 3.30. The Hall–Kier alpha value is -3.29. The molecule has 1 aromatic heterocycles. The van der Waals surface area contributed by atoms with Gasteiger partial charge in [0.1, 0.15) is 11.3 Å². The number of carbonyl (C=O) groups is 2. The zero-order valence-electron chi connectivity index (χ0n) is 16.4. The molecule has 1 unspecified atom stereocenters. The summed E-state index contributed by atoms with van der Waals surface area (Å²) >= 11 is 0. The number of benzene rings is 1. The van der Waals surface area contributed by atoms with Crippen LogP contribution in [-0.4, -0.2) is 47.0 Å². The number of ether oxygens (including phenoxy) is 1. The highest BCUT2D eigenvalue weighted by atomic mass is 16.6. The Balaban J connectivity index is 1.73. The molecule has 8 heteroatoms. The Morgan fingerprint density at radius 2 is 2.04 bits per heavy atom. The van der Waals surface area contributed by atoms with Crippen molar-refractivity contribution in [2.24, 2.45) is 4.99 Å². The Labute approximate surface area is 164 Å². The second kappa shape index (κ2) is 7.75. The molecule has 3 N–H and O–H groups in total. The molecule has 28 heavy (non-hydrogen) atoms. The lowest BCUT2D eigenvalue weighted by Crippen LogP contribution is -2.39. The third-order valence-electron chi connectivity index (χ3n) is 4.14. The van der Waals surface area contributed by atoms with Crippen molar-refractivity contribution in [2.45, 2.75) is 32.4 Å². The molecule has 148 valence electrons. The summed E-state index contributed by atoms with van der Waals surface area (Å²) in [6.45, 7) is 5.86. The second-order valence-electron chi connectivity index (χ2n) is 7.50. The van der Waals surface area contributed by atoms with E-state index in [1.54, 1.807) is 25.4 Å². The molecule has 1 fully saturated rings. The summed E-state index contributed by atoms with van der Waals surface area (Å²) in [4.78, 5) is 33.2. The van der Waals surface area contributed by atoms with Crippen molar-refractivity contribution in [3.8, 4) is 0 Å². The van der Waals surface area contributed by atoms with Gasteiger partial charge in [0, 0.05) is 18.9 Å². The first-order valence-corrected chi connectivity index (χ1v) is 9.05. The van der Waals surface area contributed by atoms with Gasteiger partial charge in [0.2, 0.25) is 5.96 Å². The monoisotopic (exact) mass is 383 g/mol. The number of carbonyl (C=O) groups excluding carboxylic acids is 2. The largest absolute Gasteiger partial charge is 0.443 e. The van der Waals surface area contributed by atoms with Crippen LogP contribution in [-0.2, 0) is 4.74 Å². The van der Waals surface area contributed by atoms with Crippen LogP contribution in [0, 0.1) is 0 Å². The molecule has 0 bridgehead atoms. The normalized spacial score (nSPS) is 18.1. The molecule has 2 aromatic rings. The number of aromatic amines is 1. The molecule has 1 aliphatic heterocycles. The summed E-state index contributed by atoms with van der Waals surface area (Å²) in [6, 6.07) is 10.8. The molecule has 1 saturated heterocycles. The van der Waals surface area contributed by atoms with E-state index < -0.39 is 11.7 Å². The lowest BCUT2D eigenvalue weighted by atomic mass is 10.1. The van der Waals surface area contributed by atoms with Crippen molar-refractivity contribution in [2.75, 3.05) is 18.9 Å². The summed E-state index contributed by atoms with van der Waals surface area (Å²) in [5, 5.41) is 6.10. The van der Waals surface area contributed by atoms with Crippen molar-refractivity contribution in [1.29, 1.82) is 0 Å². The maximum absolute atomic E-state index is 12.5. The number of amides is 2. The van der Waals surface area contributed by atoms with Crippen LogP contribution in [0.15, 0.2) is 47.6 Å². The van der Waals surface area contributed by atoms with E-state index >= 15 is 0 Å². The fourth-order valence-corrected chi connectivity index (χ4v) is 2.90. The van der Waals surface area contributed by atoms with Gasteiger partial charge in [-0.05, 0) is 50.6 Å². The van der Waals surface area contributed by atoms with Gasteiger partial charge >= 0.3 is 6.09 Å². The van der Waals surface area contributed by atoms with Crippen LogP contribution in [0.5, 0.6) is 0 Å². The van der Waals surface area contributed by atoms with E-state index in [-0.39, 0.29) is 11.9 Å². The number of aromatic nitrogens is 1. The molecule has 1 atom stereocenters. The second-order valence-corrected chi connectivity index (χ2v) is 7.50. The summed E-state index contributed by atoms with van der Waals surface area (Å²) < 4.78 is 5.46. The van der Waals surface area contributed by atoms with Crippen LogP contribution < -0.4 is 10.6 Å². The number of guanidine groups is 1. The summed E-state index contributed by atoms with van der Waals surface area (Å²) in [5.74, 6) is 0.243. The molecular formula is C20H25N5O3. The van der Waals surface area contributed by atoms with Crippen LogP contribution in [0.1, 0.15) is 42.9 Å². The number of nitrogens with zero attached hydrogens (tertiary/aromatic N) is 2. The SMILES string of the molecule is CN=C1NC(c2cccc(NC(=O)c3ccc[nH]3)c2)CN1C(=O)OC(C)(C)C. The lowest BCUT2D eigenvalue weighted by Gasteiger charge is -2.23. The highest BCUT2D eigenvalue weighted by Crippen LogP contribution is 2.24. The fourth-order valence-electron chi connectivity index (χ4n) is 2.90. The molecule has 1 aliphatic rings. The number of rotatable bonds is 3. The van der Waals surface area contributed by atoms with Gasteiger partial charge in [-0.25, -0.2) is 9.69 Å². The van der Waals surface area contributed by atoms with E-state index in [2.05, 4.69) is 20.6 Å². The fraction of sp³-hybridized carbons (Fsp3) is 0.350. The van der Waals surface area contributed by atoms with Crippen molar-refractivity contribution < 1.29 is 14.3 Å². The van der Waals surface area contributed by atoms with Gasteiger partial charge < -0.3 is 20.4 Å². The maximum atomic E-state index is 12.5. The topological polar surface area (TPSA) is 98.8 Å². The summed E-state index contributed by atoms with van der Waals surface area (Å²) in [7, 11) is 1.62. The average molecular weight is 383 g/mol. The minimum absolute atomic E-state index is 0.159. The van der Waals surface area contributed by atoms with Gasteiger partial charge in [-0.1, -0.05) is 12.1 Å². The van der Waals surface area contributed by atoms with Crippen molar-refractivity contribution >= 4 is 23.6 Å². The molecule has 1 aromatic carbocycles. The number of hydrogen-bond acceptors (Lipinski definition) is 4. The third-order valence-corrected chi connectivity index (χ3v) is 4.14. The van der Waals surface area contributed by atoms with Gasteiger partial charge in [0.25, 0.3) is 5.91 Å². The molecule has 0 aliphatic carbocycles. The highest BCUT2D eigenvalue weighted by molar-refractivity contribution is 6.03. The molecule has 2 heterocycles. The number of hydrogen-bond donors (Lipinski definition) is 3. The predicted molar refractivity (Wildman–Crippen MR) is 107 cm³/mol. The van der Waals surface area contributed by atoms with Crippen LogP contribution >= 0.6 is 0 Å². The number of anilines is 1. The predicted octanol–water partition coefficient (Wildman–Crippen LogP) is 3.13. The maximum Gasteiger partial charge on any atom is 0.417 e. The van der Waals surface area contributed by atoms with E-state index in [9.17, 15) is 9.59 Å². The van der Waals surface area contributed by atoms with E-state index in [0.717, 1.165) is 5.56 Å². The summed E-state index contributed by atoms with van der Waals surface area (Å²) in [5.41, 5.74) is 1.50. The lowest BCUT2D eigenvalue weighted by molar-refractivity contribution is 0.0379. The zero-order chi connectivity index (χ0) is 20.3. The number of H-pyrrole nitrogens is 1. The first-order chi connectivity index (χ1) is 13.3. The molecule has 0 saturated carbocycles. The molecule has 0 spiro atoms. The van der Waals surface area contributed by atoms with Crippen molar-refractivity contribution in [3.63, 3.8) is 0 Å². The van der Waals surface area contributed by atoms with E-state index in [1.165, 1.54) is 4.90 Å². The molecule has 0 radical (unpaired) electrons. The third kappa shape index (κ3) is 4.51. The van der Waals surface area contributed by atoms with Gasteiger partial charge in [-0.3, -0.25) is 9.79 Å². The van der Waals surface area contributed by atoms with Gasteiger partial charge in [-0.15, -0.1) is 0 Å². The number of nitrogens with one attached hydrogen (secondary N) is 3. The quantitative estimate of drug-likeness (QED) is 0.758. The van der Waals surface area contributed by atoms with Crippen LogP contribution in [0.3, 0.4) is 0 Å². The van der Waals surface area contributed by atoms with Crippen LogP contribution in [0.25, 0.3) is 0 Å². The highest BCUT2D eigenvalue weighted by Gasteiger charge is 2.35. The molecule has 3 rings (SSSR count). The van der Waals surface area contributed by atoms with E-state index in [1.807, 2.05) is 45.0 Å². The van der Waals surface area contributed by atoms with Gasteiger partial charge in [-0.2, -0.15) is 0 Å². The molecule has 8 nitrogen and oxygen atoms in total. The minimum Gasteiger partial charge on any atom is -0.443 e. The van der Waals surface area contributed by atoms with Crippen LogP contribution in [0.2, 0.25) is 0 Å². The Bertz CT molecular complexity index is 883. The Morgan fingerprint density at radius 3 is 2.68 bits per heavy atom. The minimum atomic E-state index is -0.587. The van der Waals surface area contributed by atoms with E-state index in [4.69, 9.17) is 4.74 Å². The number of aliphatic imine (C=N–C) groups is 1. The zero-order valence-corrected chi connectivity index (χ0v) is 16.4. The first-order valence-electron chi connectivity index (χ1n) is 9.05. The molecular weight excluding hydrogens is 358 g/mol. The van der Waals surface area contributed by atoms with Crippen molar-refractivity contribution in [3.05, 3.63) is 53.9 Å². The summed E-state index contributed by atoms with van der Waals surface area (Å²) in [6.07, 6.45) is 1.25. The molecule has 2 amide bonds. The van der Waals surface area contributed by atoms with Gasteiger partial charge in [0.05, 0.1) is 12.6 Å². The van der Waals surface area contributed by atoms with E-state index in [0.29, 0.717) is 23.9 Å².